The van der Waals surface area contributed by atoms with E-state index in [0.717, 1.165) is 26.9 Å². The molecule has 29 heavy (non-hydrogen) atoms. The lowest BCUT2D eigenvalue weighted by Crippen LogP contribution is -2.01. The molecule has 0 saturated carbocycles. The summed E-state index contributed by atoms with van der Waals surface area (Å²) >= 11 is 3.58. The quantitative estimate of drug-likeness (QED) is 0.361. The van der Waals surface area contributed by atoms with E-state index >= 15 is 0 Å². The smallest absolute Gasteiger partial charge is 0.175 e. The number of aliphatic imine (C=N–C) groups is 1. The zero-order valence-electron chi connectivity index (χ0n) is 16.7. The molecule has 0 unspecified atom stereocenters. The van der Waals surface area contributed by atoms with Crippen molar-refractivity contribution in [3.8, 4) is 11.5 Å². The third-order valence-electron chi connectivity index (χ3n) is 4.35. The standard InChI is InChI=1S/C24H23BrFNO2/c1-4-28-23-13-19(14-27-22-11-16(2)5-6-17(22)3)12-21(25)24(23)29-15-18-7-9-20(26)10-8-18/h5-14H,4,15H2,1-3H3. The van der Waals surface area contributed by atoms with Crippen molar-refractivity contribution in [3.63, 3.8) is 0 Å². The molecule has 0 aromatic heterocycles. The maximum atomic E-state index is 13.1. The van der Waals surface area contributed by atoms with Gasteiger partial charge in [-0.2, -0.15) is 0 Å². The summed E-state index contributed by atoms with van der Waals surface area (Å²) in [7, 11) is 0. The first-order valence-corrected chi connectivity index (χ1v) is 10.2. The van der Waals surface area contributed by atoms with Crippen molar-refractivity contribution >= 4 is 27.8 Å². The second-order valence-electron chi connectivity index (χ2n) is 6.73. The molecule has 0 aliphatic rings. The van der Waals surface area contributed by atoms with E-state index in [1.54, 1.807) is 12.1 Å². The average molecular weight is 456 g/mol. The van der Waals surface area contributed by atoms with Crippen LogP contribution in [-0.4, -0.2) is 12.8 Å². The molecule has 3 aromatic rings. The molecule has 3 aromatic carbocycles. The third kappa shape index (κ3) is 5.67. The normalized spacial score (nSPS) is 11.1. The third-order valence-corrected chi connectivity index (χ3v) is 4.93. The zero-order chi connectivity index (χ0) is 20.8. The van der Waals surface area contributed by atoms with Gasteiger partial charge in [0, 0.05) is 6.21 Å². The number of benzene rings is 3. The van der Waals surface area contributed by atoms with Gasteiger partial charge in [0.25, 0.3) is 0 Å². The first-order chi connectivity index (χ1) is 14.0. The highest BCUT2D eigenvalue weighted by molar-refractivity contribution is 9.10. The Labute approximate surface area is 179 Å². The summed E-state index contributed by atoms with van der Waals surface area (Å²) in [4.78, 5) is 4.63. The summed E-state index contributed by atoms with van der Waals surface area (Å²) in [5.41, 5.74) is 5.01. The summed E-state index contributed by atoms with van der Waals surface area (Å²) in [6.07, 6.45) is 1.82. The minimum absolute atomic E-state index is 0.266. The van der Waals surface area contributed by atoms with E-state index in [-0.39, 0.29) is 5.82 Å². The molecule has 0 spiro atoms. The van der Waals surface area contributed by atoms with Crippen molar-refractivity contribution in [2.24, 2.45) is 4.99 Å². The van der Waals surface area contributed by atoms with Crippen LogP contribution in [0, 0.1) is 19.7 Å². The molecular weight excluding hydrogens is 433 g/mol. The van der Waals surface area contributed by atoms with E-state index in [0.29, 0.717) is 24.7 Å². The van der Waals surface area contributed by atoms with E-state index < -0.39 is 0 Å². The predicted octanol–water partition coefficient (Wildman–Crippen LogP) is 6.93. The summed E-state index contributed by atoms with van der Waals surface area (Å²) in [6, 6.07) is 16.3. The van der Waals surface area contributed by atoms with Crippen molar-refractivity contribution in [3.05, 3.63) is 87.1 Å². The Kier molecular flexibility index (Phi) is 7.04. The van der Waals surface area contributed by atoms with Crippen LogP contribution in [0.2, 0.25) is 0 Å². The molecule has 0 N–H and O–H groups in total. The van der Waals surface area contributed by atoms with Crippen LogP contribution in [0.5, 0.6) is 11.5 Å². The van der Waals surface area contributed by atoms with Crippen molar-refractivity contribution in [1.82, 2.24) is 0 Å². The fourth-order valence-electron chi connectivity index (χ4n) is 2.80. The maximum absolute atomic E-state index is 13.1. The van der Waals surface area contributed by atoms with Crippen molar-refractivity contribution in [1.29, 1.82) is 0 Å². The summed E-state index contributed by atoms with van der Waals surface area (Å²) in [6.45, 7) is 6.84. The molecule has 0 radical (unpaired) electrons. The monoisotopic (exact) mass is 455 g/mol. The Bertz CT molecular complexity index is 1020. The Hall–Kier alpha value is -2.66. The van der Waals surface area contributed by atoms with E-state index in [9.17, 15) is 4.39 Å². The van der Waals surface area contributed by atoms with E-state index in [1.165, 1.54) is 17.7 Å². The van der Waals surface area contributed by atoms with E-state index in [1.807, 2.05) is 32.2 Å². The van der Waals surface area contributed by atoms with Crippen molar-refractivity contribution in [2.45, 2.75) is 27.4 Å². The highest BCUT2D eigenvalue weighted by atomic mass is 79.9. The molecule has 0 saturated heterocycles. The van der Waals surface area contributed by atoms with E-state index in [2.05, 4.69) is 46.0 Å². The van der Waals surface area contributed by atoms with Gasteiger partial charge in [-0.1, -0.05) is 24.3 Å². The molecular formula is C24H23BrFNO2. The van der Waals surface area contributed by atoms with Crippen LogP contribution in [0.3, 0.4) is 0 Å². The fraction of sp³-hybridized carbons (Fsp3) is 0.208. The fourth-order valence-corrected chi connectivity index (χ4v) is 3.38. The molecule has 0 fully saturated rings. The molecule has 0 heterocycles. The van der Waals surface area contributed by atoms with Gasteiger partial charge < -0.3 is 9.47 Å². The van der Waals surface area contributed by atoms with Crippen LogP contribution in [0.4, 0.5) is 10.1 Å². The maximum Gasteiger partial charge on any atom is 0.175 e. The Morgan fingerprint density at radius 2 is 1.76 bits per heavy atom. The van der Waals surface area contributed by atoms with Gasteiger partial charge in [-0.15, -0.1) is 0 Å². The summed E-state index contributed by atoms with van der Waals surface area (Å²) in [5.74, 6) is 0.976. The van der Waals surface area contributed by atoms with Crippen LogP contribution in [0.15, 0.2) is 64.1 Å². The number of hydrogen-bond donors (Lipinski definition) is 0. The van der Waals surface area contributed by atoms with Crippen molar-refractivity contribution in [2.75, 3.05) is 6.61 Å². The van der Waals surface area contributed by atoms with Gasteiger partial charge in [-0.25, -0.2) is 4.39 Å². The van der Waals surface area contributed by atoms with Gasteiger partial charge in [-0.3, -0.25) is 4.99 Å². The van der Waals surface area contributed by atoms with Gasteiger partial charge in [-0.05, 0) is 89.3 Å². The molecule has 0 aliphatic heterocycles. The van der Waals surface area contributed by atoms with Gasteiger partial charge in [0.15, 0.2) is 11.5 Å². The Morgan fingerprint density at radius 3 is 2.48 bits per heavy atom. The lowest BCUT2D eigenvalue weighted by Gasteiger charge is -2.15. The number of nitrogens with zero attached hydrogens (tertiary/aromatic N) is 1. The topological polar surface area (TPSA) is 30.8 Å². The predicted molar refractivity (Wildman–Crippen MR) is 119 cm³/mol. The second kappa shape index (κ2) is 9.70. The molecule has 0 bridgehead atoms. The highest BCUT2D eigenvalue weighted by Gasteiger charge is 2.12. The second-order valence-corrected chi connectivity index (χ2v) is 7.58. The lowest BCUT2D eigenvalue weighted by atomic mass is 10.1. The summed E-state index contributed by atoms with van der Waals surface area (Å²) in [5, 5.41) is 0. The van der Waals surface area contributed by atoms with Crippen LogP contribution in [0.1, 0.15) is 29.2 Å². The zero-order valence-corrected chi connectivity index (χ0v) is 18.3. The number of halogens is 2. The summed E-state index contributed by atoms with van der Waals surface area (Å²) < 4.78 is 25.6. The Balaban J connectivity index is 1.84. The van der Waals surface area contributed by atoms with Crippen LogP contribution in [0.25, 0.3) is 0 Å². The molecule has 0 atom stereocenters. The number of ether oxygens (including phenoxy) is 2. The highest BCUT2D eigenvalue weighted by Crippen LogP contribution is 2.37. The Morgan fingerprint density at radius 1 is 1.00 bits per heavy atom. The number of hydrogen-bond acceptors (Lipinski definition) is 3. The molecule has 0 amide bonds. The van der Waals surface area contributed by atoms with Gasteiger partial charge >= 0.3 is 0 Å². The number of rotatable bonds is 7. The van der Waals surface area contributed by atoms with Gasteiger partial charge in [0.1, 0.15) is 12.4 Å². The van der Waals surface area contributed by atoms with Gasteiger partial charge in [0.2, 0.25) is 0 Å². The molecule has 3 rings (SSSR count). The minimum Gasteiger partial charge on any atom is -0.490 e. The largest absolute Gasteiger partial charge is 0.490 e. The minimum atomic E-state index is -0.266. The molecule has 0 aliphatic carbocycles. The average Bonchev–Trinajstić information content (AvgIpc) is 2.69. The van der Waals surface area contributed by atoms with E-state index in [4.69, 9.17) is 9.47 Å². The van der Waals surface area contributed by atoms with Crippen LogP contribution >= 0.6 is 15.9 Å². The molecule has 150 valence electrons. The van der Waals surface area contributed by atoms with Crippen LogP contribution in [-0.2, 0) is 6.61 Å². The SMILES string of the molecule is CCOc1cc(C=Nc2cc(C)ccc2C)cc(Br)c1OCc1ccc(F)cc1. The first-order valence-electron chi connectivity index (χ1n) is 9.41. The van der Waals surface area contributed by atoms with Crippen molar-refractivity contribution < 1.29 is 13.9 Å². The molecule has 3 nitrogen and oxygen atoms in total. The van der Waals surface area contributed by atoms with Gasteiger partial charge in [0.05, 0.1) is 16.8 Å². The number of aryl methyl sites for hydroxylation is 2. The first kappa shape index (κ1) is 21.1. The lowest BCUT2D eigenvalue weighted by molar-refractivity contribution is 0.267. The molecule has 5 heteroatoms. The van der Waals surface area contributed by atoms with Crippen LogP contribution < -0.4 is 9.47 Å².